The van der Waals surface area contributed by atoms with Gasteiger partial charge in [-0.3, -0.25) is 14.5 Å². The standard InChI is InChI=1S/C19H23F3N2O3.ClH/c20-19(21,22)16-12-23(11-15(16)18(26)27)10-13-5-4-6-14(9-13)17(25)24-7-2-1-3-8-24;/h4-6,9,15-16H,1-3,7-8,10-12H2,(H,26,27);1H/t15-,16-;/m1./s1. The number of benzene rings is 1. The van der Waals surface area contributed by atoms with Crippen LogP contribution in [0, 0.1) is 11.8 Å². The largest absolute Gasteiger partial charge is 0.481 e. The zero-order valence-electron chi connectivity index (χ0n) is 15.3. The number of hydrogen-bond donors (Lipinski definition) is 1. The number of aliphatic carboxylic acids is 1. The molecule has 28 heavy (non-hydrogen) atoms. The van der Waals surface area contributed by atoms with Crippen molar-refractivity contribution in [2.45, 2.75) is 32.0 Å². The summed E-state index contributed by atoms with van der Waals surface area (Å²) in [7, 11) is 0. The van der Waals surface area contributed by atoms with Crippen LogP contribution in [-0.4, -0.2) is 59.1 Å². The molecule has 2 aliphatic heterocycles. The molecule has 2 saturated heterocycles. The highest BCUT2D eigenvalue weighted by Gasteiger charge is 2.52. The molecule has 2 fully saturated rings. The molecule has 0 aliphatic carbocycles. The Bertz CT molecular complexity index is 708. The minimum absolute atomic E-state index is 0. The second-order valence-electron chi connectivity index (χ2n) is 7.34. The average Bonchev–Trinajstić information content (AvgIpc) is 3.07. The van der Waals surface area contributed by atoms with Crippen LogP contribution in [0.4, 0.5) is 13.2 Å². The summed E-state index contributed by atoms with van der Waals surface area (Å²) in [5.41, 5.74) is 1.24. The molecule has 1 aromatic rings. The molecule has 9 heteroatoms. The number of hydrogen-bond acceptors (Lipinski definition) is 3. The van der Waals surface area contributed by atoms with Crippen LogP contribution in [0.1, 0.15) is 35.2 Å². The summed E-state index contributed by atoms with van der Waals surface area (Å²) < 4.78 is 39.4. The van der Waals surface area contributed by atoms with E-state index in [4.69, 9.17) is 5.11 Å². The summed E-state index contributed by atoms with van der Waals surface area (Å²) in [6, 6.07) is 6.89. The Morgan fingerprint density at radius 1 is 1.11 bits per heavy atom. The van der Waals surface area contributed by atoms with E-state index in [1.165, 1.54) is 4.90 Å². The van der Waals surface area contributed by atoms with E-state index in [1.54, 1.807) is 29.2 Å². The van der Waals surface area contributed by atoms with Crippen molar-refractivity contribution in [1.29, 1.82) is 0 Å². The van der Waals surface area contributed by atoms with E-state index in [0.717, 1.165) is 32.4 Å². The number of piperidine rings is 1. The van der Waals surface area contributed by atoms with Crippen molar-refractivity contribution in [3.63, 3.8) is 0 Å². The third kappa shape index (κ3) is 5.17. The van der Waals surface area contributed by atoms with Gasteiger partial charge >= 0.3 is 12.1 Å². The lowest BCUT2D eigenvalue weighted by Gasteiger charge is -2.27. The highest BCUT2D eigenvalue weighted by Crippen LogP contribution is 2.38. The van der Waals surface area contributed by atoms with Crippen LogP contribution in [0.2, 0.25) is 0 Å². The molecule has 0 spiro atoms. The molecule has 1 aromatic carbocycles. The molecule has 0 radical (unpaired) electrons. The summed E-state index contributed by atoms with van der Waals surface area (Å²) in [6.45, 7) is 1.15. The van der Waals surface area contributed by atoms with E-state index in [2.05, 4.69) is 0 Å². The number of alkyl halides is 3. The normalized spacial score (nSPS) is 23.3. The first-order valence-corrected chi connectivity index (χ1v) is 9.16. The molecule has 0 saturated carbocycles. The predicted octanol–water partition coefficient (Wildman–Crippen LogP) is 3.43. The first-order valence-electron chi connectivity index (χ1n) is 9.16. The Hall–Kier alpha value is -1.80. The number of halogens is 4. The maximum absolute atomic E-state index is 13.1. The molecule has 3 rings (SSSR count). The van der Waals surface area contributed by atoms with Crippen LogP contribution in [-0.2, 0) is 11.3 Å². The number of likely N-dealkylation sites (tertiary alicyclic amines) is 2. The van der Waals surface area contributed by atoms with Crippen molar-refractivity contribution in [2.24, 2.45) is 11.8 Å². The lowest BCUT2D eigenvalue weighted by atomic mass is 9.96. The highest BCUT2D eigenvalue weighted by molar-refractivity contribution is 5.94. The zero-order chi connectivity index (χ0) is 19.6. The monoisotopic (exact) mass is 420 g/mol. The third-order valence-electron chi connectivity index (χ3n) is 5.36. The lowest BCUT2D eigenvalue weighted by molar-refractivity contribution is -0.188. The van der Waals surface area contributed by atoms with Crippen molar-refractivity contribution < 1.29 is 27.9 Å². The first-order chi connectivity index (χ1) is 12.8. The Morgan fingerprint density at radius 3 is 2.36 bits per heavy atom. The van der Waals surface area contributed by atoms with Gasteiger partial charge < -0.3 is 10.0 Å². The summed E-state index contributed by atoms with van der Waals surface area (Å²) >= 11 is 0. The van der Waals surface area contributed by atoms with Crippen molar-refractivity contribution in [3.05, 3.63) is 35.4 Å². The maximum Gasteiger partial charge on any atom is 0.393 e. The van der Waals surface area contributed by atoms with Crippen molar-refractivity contribution in [1.82, 2.24) is 9.80 Å². The zero-order valence-corrected chi connectivity index (χ0v) is 16.1. The van der Waals surface area contributed by atoms with Gasteiger partial charge in [0.1, 0.15) is 0 Å². The second-order valence-corrected chi connectivity index (χ2v) is 7.34. The lowest BCUT2D eigenvalue weighted by Crippen LogP contribution is -2.35. The van der Waals surface area contributed by atoms with Gasteiger partial charge in [0.25, 0.3) is 5.91 Å². The number of carboxylic acid groups (broad SMARTS) is 1. The van der Waals surface area contributed by atoms with Gasteiger partial charge in [-0.25, -0.2) is 0 Å². The minimum atomic E-state index is -4.54. The van der Waals surface area contributed by atoms with Crippen LogP contribution in [0.5, 0.6) is 0 Å². The van der Waals surface area contributed by atoms with Gasteiger partial charge in [0.15, 0.2) is 0 Å². The molecule has 0 aromatic heterocycles. The van der Waals surface area contributed by atoms with Gasteiger partial charge in [-0.1, -0.05) is 12.1 Å². The van der Waals surface area contributed by atoms with E-state index >= 15 is 0 Å². The smallest absolute Gasteiger partial charge is 0.393 e. The highest BCUT2D eigenvalue weighted by atomic mass is 35.5. The average molecular weight is 421 g/mol. The van der Waals surface area contributed by atoms with E-state index in [0.29, 0.717) is 11.1 Å². The number of carbonyl (C=O) groups excluding carboxylic acids is 1. The molecule has 1 amide bonds. The Balaban J connectivity index is 0.00000280. The maximum atomic E-state index is 13.1. The molecular formula is C19H24ClF3N2O3. The Morgan fingerprint density at radius 2 is 1.79 bits per heavy atom. The van der Waals surface area contributed by atoms with Crippen LogP contribution >= 0.6 is 12.4 Å². The van der Waals surface area contributed by atoms with Crippen molar-refractivity contribution in [3.8, 4) is 0 Å². The van der Waals surface area contributed by atoms with Crippen LogP contribution < -0.4 is 0 Å². The fraction of sp³-hybridized carbons (Fsp3) is 0.579. The predicted molar refractivity (Wildman–Crippen MR) is 99.4 cm³/mol. The van der Waals surface area contributed by atoms with Crippen LogP contribution in [0.15, 0.2) is 24.3 Å². The summed E-state index contributed by atoms with van der Waals surface area (Å²) in [4.78, 5) is 27.1. The van der Waals surface area contributed by atoms with Gasteiger partial charge in [-0.05, 0) is 37.0 Å². The minimum Gasteiger partial charge on any atom is -0.481 e. The molecule has 156 valence electrons. The van der Waals surface area contributed by atoms with Crippen molar-refractivity contribution in [2.75, 3.05) is 26.2 Å². The molecule has 2 heterocycles. The van der Waals surface area contributed by atoms with Crippen LogP contribution in [0.3, 0.4) is 0 Å². The van der Waals surface area contributed by atoms with Gasteiger partial charge in [0, 0.05) is 38.3 Å². The Labute approximate surface area is 167 Å². The fourth-order valence-electron chi connectivity index (χ4n) is 3.94. The Kier molecular flexibility index (Phi) is 7.33. The first kappa shape index (κ1) is 22.5. The quantitative estimate of drug-likeness (QED) is 0.810. The SMILES string of the molecule is Cl.O=C(O)[C@@H]1CN(Cc2cccc(C(=O)N3CCCCC3)c2)C[C@H]1C(F)(F)F. The molecular weight excluding hydrogens is 397 g/mol. The molecule has 0 unspecified atom stereocenters. The number of carbonyl (C=O) groups is 2. The van der Waals surface area contributed by atoms with E-state index < -0.39 is 24.0 Å². The summed E-state index contributed by atoms with van der Waals surface area (Å²) in [5.74, 6) is -4.81. The van der Waals surface area contributed by atoms with Crippen LogP contribution in [0.25, 0.3) is 0 Å². The van der Waals surface area contributed by atoms with Gasteiger partial charge in [-0.2, -0.15) is 13.2 Å². The second kappa shape index (κ2) is 9.13. The fourth-order valence-corrected chi connectivity index (χ4v) is 3.94. The van der Waals surface area contributed by atoms with Crippen molar-refractivity contribution >= 4 is 24.3 Å². The summed E-state index contributed by atoms with van der Waals surface area (Å²) in [5, 5.41) is 9.12. The summed E-state index contributed by atoms with van der Waals surface area (Å²) in [6.07, 6.45) is -1.46. The molecule has 5 nitrogen and oxygen atoms in total. The van der Waals surface area contributed by atoms with Gasteiger partial charge in [0.2, 0.25) is 0 Å². The third-order valence-corrected chi connectivity index (χ3v) is 5.36. The molecule has 1 N–H and O–H groups in total. The van der Waals surface area contributed by atoms with E-state index in [1.807, 2.05) is 0 Å². The van der Waals surface area contributed by atoms with E-state index in [-0.39, 0.29) is 37.9 Å². The molecule has 0 bridgehead atoms. The topological polar surface area (TPSA) is 60.9 Å². The number of carboxylic acids is 1. The van der Waals surface area contributed by atoms with Gasteiger partial charge in [0.05, 0.1) is 11.8 Å². The molecule has 2 aliphatic rings. The number of rotatable bonds is 4. The molecule has 2 atom stereocenters. The van der Waals surface area contributed by atoms with E-state index in [9.17, 15) is 22.8 Å². The number of amides is 1. The van der Waals surface area contributed by atoms with Gasteiger partial charge in [-0.15, -0.1) is 12.4 Å². The number of nitrogens with zero attached hydrogens (tertiary/aromatic N) is 2.